The average molecular weight is 252 g/mol. The van der Waals surface area contributed by atoms with Crippen LogP contribution in [-0.4, -0.2) is 39.5 Å². The molecular weight excluding hydrogens is 232 g/mol. The van der Waals surface area contributed by atoms with E-state index in [1.54, 1.807) is 7.11 Å². The second kappa shape index (κ2) is 8.66. The van der Waals surface area contributed by atoms with Crippen molar-refractivity contribution in [2.45, 2.75) is 13.3 Å². The van der Waals surface area contributed by atoms with Gasteiger partial charge in [0.1, 0.15) is 6.61 Å². The summed E-state index contributed by atoms with van der Waals surface area (Å²) in [5.41, 5.74) is 2.39. The van der Waals surface area contributed by atoms with Crippen LogP contribution < -0.4 is 0 Å². The van der Waals surface area contributed by atoms with E-state index in [4.69, 9.17) is 14.2 Å². The molecule has 0 saturated heterocycles. The van der Waals surface area contributed by atoms with Crippen molar-refractivity contribution in [3.8, 4) is 0 Å². The first-order chi connectivity index (χ1) is 8.72. The molecule has 0 atom stereocenters. The summed E-state index contributed by atoms with van der Waals surface area (Å²) in [5, 5.41) is 0. The van der Waals surface area contributed by atoms with Gasteiger partial charge in [0.25, 0.3) is 0 Å². The highest BCUT2D eigenvalue weighted by Crippen LogP contribution is 2.03. The van der Waals surface area contributed by atoms with Crippen LogP contribution in [-0.2, 0) is 25.4 Å². The molecule has 0 aromatic heterocycles. The number of esters is 1. The third-order valence-electron chi connectivity index (χ3n) is 2.43. The van der Waals surface area contributed by atoms with Gasteiger partial charge in [0.15, 0.2) is 0 Å². The predicted molar refractivity (Wildman–Crippen MR) is 68.5 cm³/mol. The lowest BCUT2D eigenvalue weighted by Gasteiger charge is -2.06. The van der Waals surface area contributed by atoms with Crippen LogP contribution in [0, 0.1) is 6.92 Å². The standard InChI is InChI=1S/C14H20O4/c1-12-3-5-13(6-4-12)7-8-18-14(15)11-17-10-9-16-2/h3-6H,7-11H2,1-2H3. The summed E-state index contributed by atoms with van der Waals surface area (Å²) in [6, 6.07) is 8.17. The second-order valence-corrected chi connectivity index (χ2v) is 4.00. The normalized spacial score (nSPS) is 10.3. The van der Waals surface area contributed by atoms with Crippen LogP contribution in [0.1, 0.15) is 11.1 Å². The molecule has 0 amide bonds. The highest BCUT2D eigenvalue weighted by Gasteiger charge is 2.02. The lowest BCUT2D eigenvalue weighted by atomic mass is 10.1. The molecule has 0 unspecified atom stereocenters. The summed E-state index contributed by atoms with van der Waals surface area (Å²) < 4.78 is 14.9. The van der Waals surface area contributed by atoms with Crippen LogP contribution >= 0.6 is 0 Å². The Kier molecular flexibility index (Phi) is 7.06. The number of carbonyl (C=O) groups excluding carboxylic acids is 1. The molecule has 0 N–H and O–H groups in total. The minimum Gasteiger partial charge on any atom is -0.464 e. The van der Waals surface area contributed by atoms with E-state index in [9.17, 15) is 4.79 Å². The Balaban J connectivity index is 2.10. The Morgan fingerprint density at radius 3 is 2.50 bits per heavy atom. The molecule has 0 aliphatic carbocycles. The van der Waals surface area contributed by atoms with Crippen LogP contribution in [0.15, 0.2) is 24.3 Å². The van der Waals surface area contributed by atoms with Gasteiger partial charge in [-0.1, -0.05) is 29.8 Å². The van der Waals surface area contributed by atoms with Gasteiger partial charge in [-0.3, -0.25) is 0 Å². The quantitative estimate of drug-likeness (QED) is 0.522. The number of hydrogen-bond donors (Lipinski definition) is 0. The first-order valence-corrected chi connectivity index (χ1v) is 6.00. The number of methoxy groups -OCH3 is 1. The topological polar surface area (TPSA) is 44.8 Å². The van der Waals surface area contributed by atoms with Gasteiger partial charge >= 0.3 is 5.97 Å². The number of carbonyl (C=O) groups is 1. The van der Waals surface area contributed by atoms with Gasteiger partial charge in [0, 0.05) is 13.5 Å². The van der Waals surface area contributed by atoms with Gasteiger partial charge in [-0.15, -0.1) is 0 Å². The van der Waals surface area contributed by atoms with E-state index in [0.29, 0.717) is 19.8 Å². The summed E-state index contributed by atoms with van der Waals surface area (Å²) >= 11 is 0. The van der Waals surface area contributed by atoms with Crippen molar-refractivity contribution in [1.29, 1.82) is 0 Å². The summed E-state index contributed by atoms with van der Waals surface area (Å²) in [5.74, 6) is -0.335. The fourth-order valence-electron chi connectivity index (χ4n) is 1.38. The molecule has 0 saturated carbocycles. The Morgan fingerprint density at radius 2 is 1.83 bits per heavy atom. The van der Waals surface area contributed by atoms with Crippen LogP contribution in [0.3, 0.4) is 0 Å². The van der Waals surface area contributed by atoms with E-state index in [0.717, 1.165) is 12.0 Å². The number of benzene rings is 1. The van der Waals surface area contributed by atoms with E-state index in [2.05, 4.69) is 0 Å². The molecule has 0 fully saturated rings. The lowest BCUT2D eigenvalue weighted by molar-refractivity contribution is -0.149. The Bertz CT molecular complexity index is 345. The monoisotopic (exact) mass is 252 g/mol. The van der Waals surface area contributed by atoms with E-state index in [1.807, 2.05) is 31.2 Å². The molecular formula is C14H20O4. The van der Waals surface area contributed by atoms with Gasteiger partial charge in [0.2, 0.25) is 0 Å². The third-order valence-corrected chi connectivity index (χ3v) is 2.43. The van der Waals surface area contributed by atoms with Crippen LogP contribution in [0.25, 0.3) is 0 Å². The van der Waals surface area contributed by atoms with E-state index < -0.39 is 0 Å². The molecule has 0 spiro atoms. The first kappa shape index (κ1) is 14.7. The molecule has 1 aromatic carbocycles. The maximum absolute atomic E-state index is 11.3. The molecule has 1 aromatic rings. The fourth-order valence-corrected chi connectivity index (χ4v) is 1.38. The number of ether oxygens (including phenoxy) is 3. The van der Waals surface area contributed by atoms with Crippen LogP contribution in [0.2, 0.25) is 0 Å². The van der Waals surface area contributed by atoms with Crippen molar-refractivity contribution in [1.82, 2.24) is 0 Å². The summed E-state index contributed by atoms with van der Waals surface area (Å²) in [6.45, 7) is 3.30. The molecule has 1 rings (SSSR count). The summed E-state index contributed by atoms with van der Waals surface area (Å²) in [7, 11) is 1.59. The molecule has 100 valence electrons. The molecule has 4 heteroatoms. The number of hydrogen-bond acceptors (Lipinski definition) is 4. The SMILES string of the molecule is COCCOCC(=O)OCCc1ccc(C)cc1. The second-order valence-electron chi connectivity index (χ2n) is 4.00. The molecule has 0 aliphatic rings. The van der Waals surface area contributed by atoms with E-state index in [-0.39, 0.29) is 12.6 Å². The molecule has 0 radical (unpaired) electrons. The maximum atomic E-state index is 11.3. The highest BCUT2D eigenvalue weighted by molar-refractivity contribution is 5.70. The van der Waals surface area contributed by atoms with Crippen LogP contribution in [0.5, 0.6) is 0 Å². The lowest BCUT2D eigenvalue weighted by Crippen LogP contribution is -2.16. The summed E-state index contributed by atoms with van der Waals surface area (Å²) in [4.78, 5) is 11.3. The van der Waals surface area contributed by atoms with Crippen molar-refractivity contribution in [3.63, 3.8) is 0 Å². The zero-order valence-electron chi connectivity index (χ0n) is 11.0. The Morgan fingerprint density at radius 1 is 1.11 bits per heavy atom. The minimum atomic E-state index is -0.335. The molecule has 18 heavy (non-hydrogen) atoms. The third kappa shape index (κ3) is 6.37. The van der Waals surface area contributed by atoms with E-state index in [1.165, 1.54) is 5.56 Å². The summed E-state index contributed by atoms with van der Waals surface area (Å²) in [6.07, 6.45) is 0.726. The zero-order chi connectivity index (χ0) is 13.2. The fraction of sp³-hybridized carbons (Fsp3) is 0.500. The number of rotatable bonds is 8. The largest absolute Gasteiger partial charge is 0.464 e. The van der Waals surface area contributed by atoms with Gasteiger partial charge in [0.05, 0.1) is 19.8 Å². The maximum Gasteiger partial charge on any atom is 0.332 e. The smallest absolute Gasteiger partial charge is 0.332 e. The van der Waals surface area contributed by atoms with Gasteiger partial charge in [-0.25, -0.2) is 4.79 Å². The van der Waals surface area contributed by atoms with Crippen molar-refractivity contribution in [2.24, 2.45) is 0 Å². The molecule has 4 nitrogen and oxygen atoms in total. The Labute approximate surface area is 108 Å². The zero-order valence-corrected chi connectivity index (χ0v) is 11.0. The first-order valence-electron chi connectivity index (χ1n) is 6.00. The molecule has 0 aliphatic heterocycles. The number of aryl methyl sites for hydroxylation is 1. The molecule has 0 heterocycles. The van der Waals surface area contributed by atoms with Crippen molar-refractivity contribution >= 4 is 5.97 Å². The Hall–Kier alpha value is -1.39. The van der Waals surface area contributed by atoms with Gasteiger partial charge < -0.3 is 14.2 Å². The van der Waals surface area contributed by atoms with Gasteiger partial charge in [-0.2, -0.15) is 0 Å². The molecule has 0 bridgehead atoms. The van der Waals surface area contributed by atoms with Gasteiger partial charge in [-0.05, 0) is 12.5 Å². The van der Waals surface area contributed by atoms with Crippen molar-refractivity contribution < 1.29 is 19.0 Å². The van der Waals surface area contributed by atoms with Crippen LogP contribution in [0.4, 0.5) is 0 Å². The minimum absolute atomic E-state index is 0.0166. The van der Waals surface area contributed by atoms with Crippen molar-refractivity contribution in [3.05, 3.63) is 35.4 Å². The average Bonchev–Trinajstić information content (AvgIpc) is 2.37. The predicted octanol–water partition coefficient (Wildman–Crippen LogP) is 1.74. The van der Waals surface area contributed by atoms with Crippen molar-refractivity contribution in [2.75, 3.05) is 33.5 Å². The van der Waals surface area contributed by atoms with E-state index >= 15 is 0 Å². The highest BCUT2D eigenvalue weighted by atomic mass is 16.6.